The lowest BCUT2D eigenvalue weighted by Gasteiger charge is -2.07. The standard InChI is InChI=1S/C12H5BrN4O2/c13-9-3-7(4-14)1-2-10(9)17-6-8(5-15)11(18)16-12(17)19/h1-3,6H,(H,16,18,19). The topological polar surface area (TPSA) is 102 Å². The van der Waals surface area contributed by atoms with Gasteiger partial charge in [0.2, 0.25) is 0 Å². The van der Waals surface area contributed by atoms with Gasteiger partial charge in [-0.3, -0.25) is 14.3 Å². The number of halogens is 1. The van der Waals surface area contributed by atoms with Gasteiger partial charge in [-0.15, -0.1) is 0 Å². The number of aromatic nitrogens is 2. The molecule has 19 heavy (non-hydrogen) atoms. The minimum Gasteiger partial charge on any atom is -0.273 e. The summed E-state index contributed by atoms with van der Waals surface area (Å²) in [7, 11) is 0. The summed E-state index contributed by atoms with van der Waals surface area (Å²) in [5, 5.41) is 17.6. The monoisotopic (exact) mass is 316 g/mol. The normalized spacial score (nSPS) is 9.63. The number of aromatic amines is 1. The Morgan fingerprint density at radius 2 is 1.95 bits per heavy atom. The summed E-state index contributed by atoms with van der Waals surface area (Å²) >= 11 is 3.24. The first-order valence-corrected chi connectivity index (χ1v) is 5.82. The van der Waals surface area contributed by atoms with Crippen LogP contribution in [0, 0.1) is 22.7 Å². The van der Waals surface area contributed by atoms with Gasteiger partial charge in [0, 0.05) is 10.7 Å². The van der Waals surface area contributed by atoms with Crippen molar-refractivity contribution in [2.75, 3.05) is 0 Å². The second kappa shape index (κ2) is 4.92. The number of benzene rings is 1. The number of nitrogens with one attached hydrogen (secondary N) is 1. The molecule has 2 rings (SSSR count). The Hall–Kier alpha value is -2.64. The number of rotatable bonds is 1. The van der Waals surface area contributed by atoms with Crippen LogP contribution >= 0.6 is 15.9 Å². The van der Waals surface area contributed by atoms with Crippen LogP contribution in [0.5, 0.6) is 0 Å². The highest BCUT2D eigenvalue weighted by atomic mass is 79.9. The van der Waals surface area contributed by atoms with Crippen molar-refractivity contribution in [3.63, 3.8) is 0 Å². The Bertz CT molecular complexity index is 852. The number of hydrogen-bond acceptors (Lipinski definition) is 4. The Morgan fingerprint density at radius 1 is 1.21 bits per heavy atom. The second-order valence-electron chi connectivity index (χ2n) is 3.56. The first-order chi connectivity index (χ1) is 9.06. The number of hydrogen-bond donors (Lipinski definition) is 1. The van der Waals surface area contributed by atoms with Crippen molar-refractivity contribution in [1.29, 1.82) is 10.5 Å². The molecule has 0 fully saturated rings. The summed E-state index contributed by atoms with van der Waals surface area (Å²) in [4.78, 5) is 25.1. The zero-order chi connectivity index (χ0) is 14.0. The van der Waals surface area contributed by atoms with E-state index in [1.165, 1.54) is 6.07 Å². The molecule has 0 saturated carbocycles. The van der Waals surface area contributed by atoms with Gasteiger partial charge < -0.3 is 0 Å². The molecule has 0 aliphatic rings. The quantitative estimate of drug-likeness (QED) is 0.848. The fraction of sp³-hybridized carbons (Fsp3) is 0. The van der Waals surface area contributed by atoms with Crippen molar-refractivity contribution >= 4 is 15.9 Å². The zero-order valence-electron chi connectivity index (χ0n) is 9.35. The van der Waals surface area contributed by atoms with Crippen molar-refractivity contribution in [1.82, 2.24) is 9.55 Å². The number of H-pyrrole nitrogens is 1. The van der Waals surface area contributed by atoms with Crippen LogP contribution in [0.3, 0.4) is 0 Å². The first-order valence-electron chi connectivity index (χ1n) is 5.03. The summed E-state index contributed by atoms with van der Waals surface area (Å²) in [6, 6.07) is 8.29. The van der Waals surface area contributed by atoms with Gasteiger partial charge in [0.05, 0.1) is 17.3 Å². The molecule has 1 N–H and O–H groups in total. The minimum atomic E-state index is -0.728. The lowest BCUT2D eigenvalue weighted by Crippen LogP contribution is -2.30. The molecule has 0 aliphatic heterocycles. The highest BCUT2D eigenvalue weighted by Crippen LogP contribution is 2.20. The van der Waals surface area contributed by atoms with Crippen LogP contribution in [-0.2, 0) is 0 Å². The molecule has 0 unspecified atom stereocenters. The molecular formula is C12H5BrN4O2. The molecule has 0 bridgehead atoms. The van der Waals surface area contributed by atoms with Crippen LogP contribution in [0.1, 0.15) is 11.1 Å². The van der Waals surface area contributed by atoms with E-state index in [4.69, 9.17) is 10.5 Å². The summed E-state index contributed by atoms with van der Waals surface area (Å²) < 4.78 is 1.63. The molecule has 92 valence electrons. The van der Waals surface area contributed by atoms with Gasteiger partial charge in [0.15, 0.2) is 0 Å². The lowest BCUT2D eigenvalue weighted by atomic mass is 10.2. The van der Waals surface area contributed by atoms with E-state index in [2.05, 4.69) is 20.9 Å². The highest BCUT2D eigenvalue weighted by Gasteiger charge is 2.09. The molecule has 1 aromatic heterocycles. The summed E-state index contributed by atoms with van der Waals surface area (Å²) in [5.41, 5.74) is -0.704. The van der Waals surface area contributed by atoms with E-state index in [1.54, 1.807) is 18.2 Å². The minimum absolute atomic E-state index is 0.171. The third kappa shape index (κ3) is 2.32. The molecule has 0 amide bonds. The Kier molecular flexibility index (Phi) is 3.32. The van der Waals surface area contributed by atoms with E-state index < -0.39 is 11.2 Å². The van der Waals surface area contributed by atoms with Gasteiger partial charge >= 0.3 is 5.69 Å². The fourth-order valence-corrected chi connectivity index (χ4v) is 2.07. The Morgan fingerprint density at radius 3 is 2.53 bits per heavy atom. The molecule has 0 aliphatic carbocycles. The predicted octanol–water partition coefficient (Wildman–Crippen LogP) is 1.03. The van der Waals surface area contributed by atoms with Crippen molar-refractivity contribution in [3.8, 4) is 17.8 Å². The largest absolute Gasteiger partial charge is 0.333 e. The van der Waals surface area contributed by atoms with Crippen LogP contribution in [-0.4, -0.2) is 9.55 Å². The number of nitriles is 2. The van der Waals surface area contributed by atoms with E-state index in [0.717, 1.165) is 10.8 Å². The molecule has 1 heterocycles. The maximum absolute atomic E-state index is 11.7. The summed E-state index contributed by atoms with van der Waals surface area (Å²) in [5.74, 6) is 0. The molecule has 6 nitrogen and oxygen atoms in total. The van der Waals surface area contributed by atoms with Crippen LogP contribution in [0.2, 0.25) is 0 Å². The van der Waals surface area contributed by atoms with Crippen molar-refractivity contribution in [2.24, 2.45) is 0 Å². The van der Waals surface area contributed by atoms with Crippen LogP contribution < -0.4 is 11.2 Å². The first kappa shape index (κ1) is 12.8. The van der Waals surface area contributed by atoms with Gasteiger partial charge in [-0.05, 0) is 34.1 Å². The van der Waals surface area contributed by atoms with Gasteiger partial charge in [-0.2, -0.15) is 10.5 Å². The zero-order valence-corrected chi connectivity index (χ0v) is 10.9. The molecule has 1 aromatic carbocycles. The third-order valence-corrected chi connectivity index (χ3v) is 3.03. The van der Waals surface area contributed by atoms with Crippen LogP contribution in [0.4, 0.5) is 0 Å². The SMILES string of the molecule is N#Cc1ccc(-n2cc(C#N)c(=O)[nH]c2=O)c(Br)c1. The highest BCUT2D eigenvalue weighted by molar-refractivity contribution is 9.10. The van der Waals surface area contributed by atoms with Crippen molar-refractivity contribution in [2.45, 2.75) is 0 Å². The molecule has 0 radical (unpaired) electrons. The average Bonchev–Trinajstić information content (AvgIpc) is 2.39. The van der Waals surface area contributed by atoms with E-state index >= 15 is 0 Å². The maximum atomic E-state index is 11.7. The van der Waals surface area contributed by atoms with E-state index in [0.29, 0.717) is 15.7 Å². The maximum Gasteiger partial charge on any atom is 0.333 e. The van der Waals surface area contributed by atoms with Gasteiger partial charge in [-0.1, -0.05) is 0 Å². The van der Waals surface area contributed by atoms with E-state index in [1.807, 2.05) is 6.07 Å². The summed E-state index contributed by atoms with van der Waals surface area (Å²) in [6.45, 7) is 0. The smallest absolute Gasteiger partial charge is 0.273 e. The fourth-order valence-electron chi connectivity index (χ4n) is 1.50. The Balaban J connectivity index is 2.74. The molecular weight excluding hydrogens is 312 g/mol. The third-order valence-electron chi connectivity index (χ3n) is 2.40. The summed E-state index contributed by atoms with van der Waals surface area (Å²) in [6.07, 6.45) is 1.16. The lowest BCUT2D eigenvalue weighted by molar-refractivity contribution is 0.886. The molecule has 0 spiro atoms. The second-order valence-corrected chi connectivity index (χ2v) is 4.42. The van der Waals surface area contributed by atoms with Crippen molar-refractivity contribution < 1.29 is 0 Å². The van der Waals surface area contributed by atoms with Gasteiger partial charge in [-0.25, -0.2) is 4.79 Å². The average molecular weight is 317 g/mol. The molecule has 2 aromatic rings. The molecule has 0 atom stereocenters. The van der Waals surface area contributed by atoms with Crippen LogP contribution in [0.25, 0.3) is 5.69 Å². The Labute approximate surface area is 115 Å². The van der Waals surface area contributed by atoms with Crippen molar-refractivity contribution in [3.05, 3.63) is 60.8 Å². The molecule has 7 heteroatoms. The molecule has 0 saturated heterocycles. The van der Waals surface area contributed by atoms with E-state index in [9.17, 15) is 9.59 Å². The predicted molar refractivity (Wildman–Crippen MR) is 69.8 cm³/mol. The van der Waals surface area contributed by atoms with E-state index in [-0.39, 0.29) is 5.56 Å². The number of nitrogens with zero attached hydrogens (tertiary/aromatic N) is 3. The van der Waals surface area contributed by atoms with Gasteiger partial charge in [0.1, 0.15) is 11.6 Å². The van der Waals surface area contributed by atoms with Crippen LogP contribution in [0.15, 0.2) is 38.5 Å². The van der Waals surface area contributed by atoms with Gasteiger partial charge in [0.25, 0.3) is 5.56 Å².